The number of furan rings is 1. The van der Waals surface area contributed by atoms with Crippen LogP contribution in [0.15, 0.2) is 80.2 Å². The summed E-state index contributed by atoms with van der Waals surface area (Å²) >= 11 is 3.39. The highest BCUT2D eigenvalue weighted by atomic mass is 79.9. The van der Waals surface area contributed by atoms with E-state index in [1.165, 1.54) is 18.2 Å². The van der Waals surface area contributed by atoms with Gasteiger partial charge in [-0.15, -0.1) is 0 Å². The van der Waals surface area contributed by atoms with Crippen LogP contribution in [0, 0.1) is 5.82 Å². The van der Waals surface area contributed by atoms with Crippen molar-refractivity contribution in [3.8, 4) is 11.3 Å². The quantitative estimate of drug-likeness (QED) is 0.439. The number of nitrogens with zero attached hydrogens (tertiary/aromatic N) is 1. The normalized spacial score (nSPS) is 15.2. The van der Waals surface area contributed by atoms with Crippen LogP contribution in [0.4, 0.5) is 4.39 Å². The summed E-state index contributed by atoms with van der Waals surface area (Å²) < 4.78 is 25.6. The molecule has 4 rings (SSSR count). The minimum atomic E-state index is -0.648. The predicted octanol–water partition coefficient (Wildman–Crippen LogP) is 5.19. The van der Waals surface area contributed by atoms with Crippen molar-refractivity contribution in [2.24, 2.45) is 4.99 Å². The molecule has 0 aliphatic carbocycles. The topological polar surface area (TPSA) is 51.8 Å². The van der Waals surface area contributed by atoms with Gasteiger partial charge < -0.3 is 9.15 Å². The number of hydrogen-bond acceptors (Lipinski definition) is 4. The molecule has 0 saturated carbocycles. The number of cyclic esters (lactones) is 1. The third-order valence-corrected chi connectivity index (χ3v) is 4.29. The molecule has 2 aromatic carbocycles. The van der Waals surface area contributed by atoms with E-state index in [0.717, 1.165) is 10.0 Å². The molecule has 1 aliphatic heterocycles. The molecule has 0 amide bonds. The van der Waals surface area contributed by atoms with Crippen LogP contribution >= 0.6 is 15.9 Å². The number of benzene rings is 2. The Kier molecular flexibility index (Phi) is 4.26. The number of aliphatic imine (C=N–C) groups is 1. The Morgan fingerprint density at radius 3 is 2.54 bits per heavy atom. The first-order valence-electron chi connectivity index (χ1n) is 7.73. The molecule has 0 unspecified atom stereocenters. The Morgan fingerprint density at radius 1 is 1.00 bits per heavy atom. The van der Waals surface area contributed by atoms with Gasteiger partial charge in [0, 0.05) is 16.1 Å². The van der Waals surface area contributed by atoms with Gasteiger partial charge in [0.1, 0.15) is 17.3 Å². The molecule has 4 nitrogen and oxygen atoms in total. The zero-order valence-corrected chi connectivity index (χ0v) is 14.9. The molecular formula is C20H11BrFNO3. The van der Waals surface area contributed by atoms with Gasteiger partial charge in [0.25, 0.3) is 0 Å². The number of carbonyl (C=O) groups excluding carboxylic acids is 1. The Bertz CT molecular complexity index is 1050. The van der Waals surface area contributed by atoms with Crippen LogP contribution in [0.3, 0.4) is 0 Å². The van der Waals surface area contributed by atoms with E-state index in [0.29, 0.717) is 11.5 Å². The van der Waals surface area contributed by atoms with Crippen LogP contribution < -0.4 is 0 Å². The summed E-state index contributed by atoms with van der Waals surface area (Å²) in [5.74, 6) is -0.0952. The van der Waals surface area contributed by atoms with Crippen LogP contribution in [0.5, 0.6) is 0 Å². The van der Waals surface area contributed by atoms with Crippen LogP contribution in [-0.4, -0.2) is 11.9 Å². The van der Waals surface area contributed by atoms with Crippen LogP contribution in [0.2, 0.25) is 0 Å². The molecule has 0 spiro atoms. The lowest BCUT2D eigenvalue weighted by molar-refractivity contribution is -0.129. The average molecular weight is 412 g/mol. The molecule has 3 aromatic rings. The van der Waals surface area contributed by atoms with E-state index >= 15 is 0 Å². The fourth-order valence-electron chi connectivity index (χ4n) is 2.49. The summed E-state index contributed by atoms with van der Waals surface area (Å²) in [6, 6.07) is 17.2. The lowest BCUT2D eigenvalue weighted by Crippen LogP contribution is -2.07. The predicted molar refractivity (Wildman–Crippen MR) is 98.9 cm³/mol. The van der Waals surface area contributed by atoms with E-state index in [2.05, 4.69) is 20.9 Å². The van der Waals surface area contributed by atoms with Gasteiger partial charge in [-0.3, -0.25) is 0 Å². The first-order chi connectivity index (χ1) is 12.6. The summed E-state index contributed by atoms with van der Waals surface area (Å²) in [6.45, 7) is 0. The standard InChI is InChI=1S/C20H11BrFNO3/c21-13-7-5-12(6-8-13)18-10-9-14(25-18)11-17-20(24)26-19(23-17)15-3-1-2-4-16(15)22/h1-11H. The third-order valence-electron chi connectivity index (χ3n) is 3.76. The van der Waals surface area contributed by atoms with Crippen molar-refractivity contribution in [1.29, 1.82) is 0 Å². The maximum Gasteiger partial charge on any atom is 0.363 e. The summed E-state index contributed by atoms with van der Waals surface area (Å²) in [4.78, 5) is 16.1. The number of esters is 1. The lowest BCUT2D eigenvalue weighted by atomic mass is 10.2. The fourth-order valence-corrected chi connectivity index (χ4v) is 2.76. The molecule has 0 atom stereocenters. The van der Waals surface area contributed by atoms with Gasteiger partial charge in [-0.25, -0.2) is 14.2 Å². The molecule has 128 valence electrons. The van der Waals surface area contributed by atoms with Gasteiger partial charge in [0.2, 0.25) is 5.90 Å². The third kappa shape index (κ3) is 3.23. The van der Waals surface area contributed by atoms with E-state index in [1.54, 1.807) is 24.3 Å². The van der Waals surface area contributed by atoms with Crippen molar-refractivity contribution < 1.29 is 18.3 Å². The van der Waals surface area contributed by atoms with Crippen molar-refractivity contribution in [3.63, 3.8) is 0 Å². The van der Waals surface area contributed by atoms with Crippen molar-refractivity contribution in [1.82, 2.24) is 0 Å². The first kappa shape index (κ1) is 16.5. The van der Waals surface area contributed by atoms with Crippen LogP contribution in [-0.2, 0) is 9.53 Å². The number of hydrogen-bond donors (Lipinski definition) is 0. The van der Waals surface area contributed by atoms with Crippen LogP contribution in [0.25, 0.3) is 17.4 Å². The van der Waals surface area contributed by atoms with Crippen molar-refractivity contribution in [3.05, 3.63) is 88.0 Å². The Hall–Kier alpha value is -2.99. The zero-order valence-electron chi connectivity index (χ0n) is 13.3. The lowest BCUT2D eigenvalue weighted by Gasteiger charge is -1.99. The molecule has 2 heterocycles. The van der Waals surface area contributed by atoms with E-state index < -0.39 is 11.8 Å². The Morgan fingerprint density at radius 2 is 1.77 bits per heavy atom. The highest BCUT2D eigenvalue weighted by Gasteiger charge is 2.26. The molecule has 0 N–H and O–H groups in total. The van der Waals surface area contributed by atoms with E-state index in [4.69, 9.17) is 9.15 Å². The molecular weight excluding hydrogens is 401 g/mol. The van der Waals surface area contributed by atoms with Crippen LogP contribution in [0.1, 0.15) is 11.3 Å². The average Bonchev–Trinajstić information content (AvgIpc) is 3.24. The number of carbonyl (C=O) groups is 1. The van der Waals surface area contributed by atoms with Gasteiger partial charge in [-0.05, 0) is 36.4 Å². The smallest absolute Gasteiger partial charge is 0.363 e. The molecule has 6 heteroatoms. The SMILES string of the molecule is O=C1OC(c2ccccc2F)=NC1=Cc1ccc(-c2ccc(Br)cc2)o1. The number of ether oxygens (including phenoxy) is 1. The first-order valence-corrected chi connectivity index (χ1v) is 8.53. The minimum Gasteiger partial charge on any atom is -0.457 e. The van der Waals surface area contributed by atoms with Crippen molar-refractivity contribution in [2.75, 3.05) is 0 Å². The monoisotopic (exact) mass is 411 g/mol. The Labute approximate surface area is 156 Å². The fraction of sp³-hybridized carbons (Fsp3) is 0. The number of rotatable bonds is 3. The van der Waals surface area contributed by atoms with Gasteiger partial charge in [-0.2, -0.15) is 0 Å². The molecule has 0 radical (unpaired) electrons. The van der Waals surface area contributed by atoms with Gasteiger partial charge in [-0.1, -0.05) is 40.2 Å². The molecule has 26 heavy (non-hydrogen) atoms. The summed E-state index contributed by atoms with van der Waals surface area (Å²) in [5, 5.41) is 0. The van der Waals surface area contributed by atoms with Crippen molar-refractivity contribution in [2.45, 2.75) is 0 Å². The molecule has 0 saturated heterocycles. The zero-order chi connectivity index (χ0) is 18.1. The molecule has 0 bridgehead atoms. The summed E-state index contributed by atoms with van der Waals surface area (Å²) in [6.07, 6.45) is 1.47. The van der Waals surface area contributed by atoms with E-state index in [-0.39, 0.29) is 17.2 Å². The second-order valence-corrected chi connectivity index (χ2v) is 6.44. The molecule has 0 fully saturated rings. The highest BCUT2D eigenvalue weighted by molar-refractivity contribution is 9.10. The maximum absolute atomic E-state index is 13.8. The van der Waals surface area contributed by atoms with Gasteiger partial charge >= 0.3 is 5.97 Å². The highest BCUT2D eigenvalue weighted by Crippen LogP contribution is 2.26. The molecule has 1 aliphatic rings. The Balaban J connectivity index is 1.63. The second-order valence-electron chi connectivity index (χ2n) is 5.52. The largest absolute Gasteiger partial charge is 0.457 e. The van der Waals surface area contributed by atoms with Gasteiger partial charge in [0.15, 0.2) is 5.70 Å². The van der Waals surface area contributed by atoms with Crippen molar-refractivity contribution >= 4 is 33.9 Å². The number of halogens is 2. The summed E-state index contributed by atoms with van der Waals surface area (Å²) in [7, 11) is 0. The minimum absolute atomic E-state index is 0.0555. The van der Waals surface area contributed by atoms with E-state index in [1.807, 2.05) is 24.3 Å². The maximum atomic E-state index is 13.8. The van der Waals surface area contributed by atoms with Gasteiger partial charge in [0.05, 0.1) is 5.56 Å². The summed E-state index contributed by atoms with van der Waals surface area (Å²) in [5.41, 5.74) is 1.10. The second kappa shape index (κ2) is 6.72. The molecule has 1 aromatic heterocycles. The van der Waals surface area contributed by atoms with E-state index in [9.17, 15) is 9.18 Å².